The van der Waals surface area contributed by atoms with Crippen LogP contribution in [0.5, 0.6) is 0 Å². The smallest absolute Gasteiger partial charge is 0.305 e. The molecular formula is C47H91NO5. The highest BCUT2D eigenvalue weighted by Crippen LogP contribution is 2.16. The second kappa shape index (κ2) is 43.3. The molecule has 3 N–H and O–H groups in total. The maximum Gasteiger partial charge on any atom is 0.305 e. The molecule has 0 aliphatic heterocycles. The summed E-state index contributed by atoms with van der Waals surface area (Å²) < 4.78 is 5.44. The summed E-state index contributed by atoms with van der Waals surface area (Å²) in [5.74, 6) is -0.0605. The summed E-state index contributed by atoms with van der Waals surface area (Å²) in [6.45, 7) is 4.88. The lowest BCUT2D eigenvalue weighted by Crippen LogP contribution is -2.45. The van der Waals surface area contributed by atoms with Crippen molar-refractivity contribution in [3.63, 3.8) is 0 Å². The molecule has 0 rings (SSSR count). The quantitative estimate of drug-likeness (QED) is 0.0328. The Hall–Kier alpha value is -1.40. The van der Waals surface area contributed by atoms with E-state index in [0.29, 0.717) is 25.9 Å². The molecule has 0 saturated heterocycles. The van der Waals surface area contributed by atoms with Crippen LogP contribution in [-0.4, -0.2) is 47.4 Å². The van der Waals surface area contributed by atoms with Crippen LogP contribution in [0.15, 0.2) is 12.2 Å². The number of nitrogens with one attached hydrogen (secondary N) is 1. The Labute approximate surface area is 329 Å². The second-order valence-electron chi connectivity index (χ2n) is 16.1. The summed E-state index contributed by atoms with van der Waals surface area (Å²) in [6, 6.07) is -0.546. The van der Waals surface area contributed by atoms with Crippen LogP contribution in [0.2, 0.25) is 0 Å². The molecule has 0 saturated carbocycles. The van der Waals surface area contributed by atoms with Gasteiger partial charge in [0.2, 0.25) is 5.91 Å². The Balaban J connectivity index is 3.42. The Morgan fingerprint density at radius 2 is 0.887 bits per heavy atom. The molecule has 0 aliphatic rings. The van der Waals surface area contributed by atoms with Gasteiger partial charge >= 0.3 is 5.97 Å². The first-order valence-electron chi connectivity index (χ1n) is 23.4. The van der Waals surface area contributed by atoms with E-state index in [1.807, 2.05) is 0 Å². The molecule has 0 aromatic carbocycles. The van der Waals surface area contributed by atoms with Crippen molar-refractivity contribution in [1.29, 1.82) is 0 Å². The SMILES string of the molecule is CCCCCC/C=C\CCCCCCCC(=O)OCCCCCCCCCCCCCCCCC(=O)NC(CO)C(O)CCCCCCCCCCC. The molecule has 1 amide bonds. The number of rotatable bonds is 43. The molecular weight excluding hydrogens is 659 g/mol. The van der Waals surface area contributed by atoms with Crippen LogP contribution in [0.25, 0.3) is 0 Å². The standard InChI is InChI=1S/C47H91NO5/c1-3-5-7-9-11-13-14-17-21-25-29-33-37-41-47(52)53-42-38-34-30-26-22-19-16-15-18-20-24-28-32-36-40-46(51)48-44(43-49)45(50)39-35-31-27-23-12-10-8-6-4-2/h13-14,44-45,49-50H,3-12,15-43H2,1-2H3,(H,48,51)/b14-13-. The maximum absolute atomic E-state index is 12.4. The minimum atomic E-state index is -0.668. The van der Waals surface area contributed by atoms with E-state index in [4.69, 9.17) is 4.74 Å². The number of aliphatic hydroxyl groups is 2. The van der Waals surface area contributed by atoms with Gasteiger partial charge in [0, 0.05) is 12.8 Å². The van der Waals surface area contributed by atoms with E-state index in [0.717, 1.165) is 51.4 Å². The van der Waals surface area contributed by atoms with Gasteiger partial charge < -0.3 is 20.3 Å². The van der Waals surface area contributed by atoms with E-state index in [2.05, 4.69) is 31.3 Å². The van der Waals surface area contributed by atoms with Gasteiger partial charge in [-0.3, -0.25) is 9.59 Å². The van der Waals surface area contributed by atoms with Crippen molar-refractivity contribution in [3.8, 4) is 0 Å². The highest BCUT2D eigenvalue weighted by molar-refractivity contribution is 5.76. The van der Waals surface area contributed by atoms with Gasteiger partial charge in [-0.25, -0.2) is 0 Å². The Morgan fingerprint density at radius 3 is 1.36 bits per heavy atom. The number of ether oxygens (including phenoxy) is 1. The van der Waals surface area contributed by atoms with E-state index < -0.39 is 12.1 Å². The number of aliphatic hydroxyl groups excluding tert-OH is 2. The lowest BCUT2D eigenvalue weighted by molar-refractivity contribution is -0.143. The molecule has 0 aliphatic carbocycles. The monoisotopic (exact) mass is 750 g/mol. The Bertz CT molecular complexity index is 787. The number of esters is 1. The van der Waals surface area contributed by atoms with Crippen molar-refractivity contribution >= 4 is 11.9 Å². The van der Waals surface area contributed by atoms with Crippen molar-refractivity contribution in [2.75, 3.05) is 13.2 Å². The van der Waals surface area contributed by atoms with E-state index in [1.54, 1.807) is 0 Å². The average Bonchev–Trinajstić information content (AvgIpc) is 3.16. The fraction of sp³-hybridized carbons (Fsp3) is 0.915. The highest BCUT2D eigenvalue weighted by Gasteiger charge is 2.20. The first kappa shape index (κ1) is 51.6. The number of hydrogen-bond donors (Lipinski definition) is 3. The fourth-order valence-corrected chi connectivity index (χ4v) is 7.16. The van der Waals surface area contributed by atoms with Crippen LogP contribution >= 0.6 is 0 Å². The van der Waals surface area contributed by atoms with E-state index in [9.17, 15) is 19.8 Å². The van der Waals surface area contributed by atoms with Crippen molar-refractivity contribution < 1.29 is 24.5 Å². The third-order valence-electron chi connectivity index (χ3n) is 10.8. The number of carbonyl (C=O) groups is 2. The number of hydrogen-bond acceptors (Lipinski definition) is 5. The van der Waals surface area contributed by atoms with Crippen LogP contribution in [0.1, 0.15) is 251 Å². The molecule has 314 valence electrons. The van der Waals surface area contributed by atoms with Crippen LogP contribution in [0.4, 0.5) is 0 Å². The Kier molecular flexibility index (Phi) is 42.2. The molecule has 0 heterocycles. The van der Waals surface area contributed by atoms with Gasteiger partial charge in [0.25, 0.3) is 0 Å². The van der Waals surface area contributed by atoms with Gasteiger partial charge in [0.05, 0.1) is 25.4 Å². The number of amides is 1. The molecule has 0 radical (unpaired) electrons. The van der Waals surface area contributed by atoms with Crippen LogP contribution < -0.4 is 5.32 Å². The average molecular weight is 750 g/mol. The lowest BCUT2D eigenvalue weighted by atomic mass is 10.0. The molecule has 0 spiro atoms. The zero-order valence-electron chi connectivity index (χ0n) is 35.5. The van der Waals surface area contributed by atoms with Crippen LogP contribution in [0.3, 0.4) is 0 Å². The third-order valence-corrected chi connectivity index (χ3v) is 10.8. The lowest BCUT2D eigenvalue weighted by Gasteiger charge is -2.22. The predicted octanol–water partition coefficient (Wildman–Crippen LogP) is 13.4. The molecule has 6 heteroatoms. The van der Waals surface area contributed by atoms with Gasteiger partial charge in [0.15, 0.2) is 0 Å². The van der Waals surface area contributed by atoms with Gasteiger partial charge in [-0.2, -0.15) is 0 Å². The maximum atomic E-state index is 12.4. The van der Waals surface area contributed by atoms with E-state index >= 15 is 0 Å². The number of unbranched alkanes of at least 4 members (excludes halogenated alkanes) is 30. The van der Waals surface area contributed by atoms with E-state index in [-0.39, 0.29) is 18.5 Å². The van der Waals surface area contributed by atoms with E-state index in [1.165, 1.54) is 167 Å². The van der Waals surface area contributed by atoms with Gasteiger partial charge in [-0.15, -0.1) is 0 Å². The van der Waals surface area contributed by atoms with Gasteiger partial charge in [-0.05, 0) is 51.4 Å². The minimum Gasteiger partial charge on any atom is -0.466 e. The summed E-state index contributed by atoms with van der Waals surface area (Å²) in [5.41, 5.74) is 0. The molecule has 0 aromatic heterocycles. The number of allylic oxidation sites excluding steroid dienone is 2. The van der Waals surface area contributed by atoms with Crippen molar-refractivity contribution in [2.45, 2.75) is 264 Å². The fourth-order valence-electron chi connectivity index (χ4n) is 7.16. The highest BCUT2D eigenvalue weighted by atomic mass is 16.5. The largest absolute Gasteiger partial charge is 0.466 e. The molecule has 0 bridgehead atoms. The predicted molar refractivity (Wildman–Crippen MR) is 227 cm³/mol. The Morgan fingerprint density at radius 1 is 0.509 bits per heavy atom. The van der Waals surface area contributed by atoms with Gasteiger partial charge in [-0.1, -0.05) is 199 Å². The van der Waals surface area contributed by atoms with Crippen LogP contribution in [0, 0.1) is 0 Å². The summed E-state index contributed by atoms with van der Waals surface area (Å²) >= 11 is 0. The summed E-state index contributed by atoms with van der Waals surface area (Å²) in [7, 11) is 0. The van der Waals surface area contributed by atoms with Crippen molar-refractivity contribution in [1.82, 2.24) is 5.32 Å². The van der Waals surface area contributed by atoms with Crippen molar-refractivity contribution in [2.24, 2.45) is 0 Å². The zero-order valence-corrected chi connectivity index (χ0v) is 35.5. The molecule has 2 unspecified atom stereocenters. The first-order chi connectivity index (χ1) is 26.0. The number of carbonyl (C=O) groups excluding carboxylic acids is 2. The molecule has 2 atom stereocenters. The molecule has 0 fully saturated rings. The normalized spacial score (nSPS) is 12.8. The zero-order chi connectivity index (χ0) is 38.7. The minimum absolute atomic E-state index is 0.0120. The summed E-state index contributed by atoms with van der Waals surface area (Å²) in [5, 5.41) is 23.0. The third kappa shape index (κ3) is 40.1. The van der Waals surface area contributed by atoms with Gasteiger partial charge in [0.1, 0.15) is 0 Å². The first-order valence-corrected chi connectivity index (χ1v) is 23.4. The summed E-state index contributed by atoms with van der Waals surface area (Å²) in [4.78, 5) is 24.3. The van der Waals surface area contributed by atoms with Crippen molar-refractivity contribution in [3.05, 3.63) is 12.2 Å². The second-order valence-corrected chi connectivity index (χ2v) is 16.1. The molecule has 0 aromatic rings. The topological polar surface area (TPSA) is 95.9 Å². The summed E-state index contributed by atoms with van der Waals surface area (Å²) in [6.07, 6.45) is 47.4. The molecule has 53 heavy (non-hydrogen) atoms. The molecule has 6 nitrogen and oxygen atoms in total. The van der Waals surface area contributed by atoms with Crippen LogP contribution in [-0.2, 0) is 14.3 Å².